The van der Waals surface area contributed by atoms with E-state index in [2.05, 4.69) is 26.6 Å². The molecule has 0 bridgehead atoms. The number of benzene rings is 1. The first kappa shape index (κ1) is 22.2. The largest absolute Gasteiger partial charge is 0.495 e. The average molecular weight is 464 g/mol. The van der Waals surface area contributed by atoms with Gasteiger partial charge in [0.25, 0.3) is 5.56 Å². The molecule has 3 aromatic rings. The Bertz CT molecular complexity index is 1260. The van der Waals surface area contributed by atoms with Crippen LogP contribution in [-0.2, 0) is 6.42 Å². The molecule has 0 atom stereocenters. The van der Waals surface area contributed by atoms with Gasteiger partial charge in [-0.15, -0.1) is 0 Å². The summed E-state index contributed by atoms with van der Waals surface area (Å²) < 4.78 is 5.69. The van der Waals surface area contributed by atoms with Crippen LogP contribution in [0.2, 0.25) is 0 Å². The number of anilines is 2. The van der Waals surface area contributed by atoms with E-state index in [1.54, 1.807) is 13.3 Å². The Morgan fingerprint density at radius 3 is 2.71 bits per heavy atom. The molecule has 5 rings (SSSR count). The van der Waals surface area contributed by atoms with Crippen molar-refractivity contribution in [2.75, 3.05) is 25.5 Å². The van der Waals surface area contributed by atoms with Crippen LogP contribution in [0.1, 0.15) is 49.3 Å². The highest BCUT2D eigenvalue weighted by Gasteiger charge is 2.24. The number of amides is 1. The number of hydrogen-bond donors (Lipinski definition) is 3. The Hall–Kier alpha value is -3.62. The molecule has 0 radical (unpaired) electrons. The van der Waals surface area contributed by atoms with Crippen LogP contribution in [0.25, 0.3) is 10.9 Å². The molecule has 3 heterocycles. The van der Waals surface area contributed by atoms with E-state index in [-0.39, 0.29) is 11.5 Å². The number of piperidine rings is 1. The van der Waals surface area contributed by atoms with Crippen molar-refractivity contribution in [3.05, 3.63) is 52.1 Å². The van der Waals surface area contributed by atoms with Gasteiger partial charge in [0, 0.05) is 18.8 Å². The van der Waals surface area contributed by atoms with Crippen molar-refractivity contribution >= 4 is 28.4 Å². The van der Waals surface area contributed by atoms with Gasteiger partial charge in [0.1, 0.15) is 5.75 Å². The van der Waals surface area contributed by atoms with Crippen LogP contribution in [0.3, 0.4) is 0 Å². The van der Waals surface area contributed by atoms with Crippen LogP contribution in [0.15, 0.2) is 35.3 Å². The summed E-state index contributed by atoms with van der Waals surface area (Å²) in [5.74, 6) is 1.75. The fourth-order valence-corrected chi connectivity index (χ4v) is 4.76. The van der Waals surface area contributed by atoms with Crippen molar-refractivity contribution < 1.29 is 14.6 Å². The van der Waals surface area contributed by atoms with Crippen molar-refractivity contribution in [1.29, 1.82) is 0 Å². The summed E-state index contributed by atoms with van der Waals surface area (Å²) in [5.41, 5.74) is 3.78. The van der Waals surface area contributed by atoms with Crippen LogP contribution >= 0.6 is 0 Å². The number of rotatable bonds is 7. The Morgan fingerprint density at radius 2 is 2.00 bits per heavy atom. The highest BCUT2D eigenvalue weighted by atomic mass is 16.5. The topological polar surface area (TPSA) is 120 Å². The quantitative estimate of drug-likeness (QED) is 0.478. The molecule has 0 unspecified atom stereocenters. The first-order valence-electron chi connectivity index (χ1n) is 11.8. The lowest BCUT2D eigenvalue weighted by atomic mass is 9.89. The third-order valence-corrected chi connectivity index (χ3v) is 6.92. The third kappa shape index (κ3) is 4.69. The Labute approximate surface area is 197 Å². The van der Waals surface area contributed by atoms with Crippen molar-refractivity contribution in [2.24, 2.45) is 5.92 Å². The zero-order valence-corrected chi connectivity index (χ0v) is 19.2. The molecule has 1 saturated carbocycles. The molecule has 2 aliphatic rings. The molecule has 2 aromatic heterocycles. The van der Waals surface area contributed by atoms with Crippen LogP contribution in [0, 0.1) is 5.92 Å². The molecule has 9 nitrogen and oxygen atoms in total. The van der Waals surface area contributed by atoms with Gasteiger partial charge in [-0.1, -0.05) is 18.9 Å². The number of carboxylic acid groups (broad SMARTS) is 1. The van der Waals surface area contributed by atoms with Gasteiger partial charge in [-0.2, -0.15) is 5.10 Å². The maximum Gasteiger partial charge on any atom is 0.407 e. The van der Waals surface area contributed by atoms with Crippen LogP contribution in [0.4, 0.5) is 16.2 Å². The molecule has 2 fully saturated rings. The molecule has 1 aliphatic carbocycles. The summed E-state index contributed by atoms with van der Waals surface area (Å²) in [7, 11) is 1.62. The summed E-state index contributed by atoms with van der Waals surface area (Å²) in [5, 5.41) is 19.5. The minimum Gasteiger partial charge on any atom is -0.495 e. The van der Waals surface area contributed by atoms with E-state index >= 15 is 0 Å². The predicted octanol–water partition coefficient (Wildman–Crippen LogP) is 4.27. The normalized spacial score (nSPS) is 16.6. The number of aromatic nitrogens is 3. The second kappa shape index (κ2) is 9.32. The summed E-state index contributed by atoms with van der Waals surface area (Å²) in [6.07, 6.45) is 6.85. The van der Waals surface area contributed by atoms with Crippen LogP contribution < -0.4 is 15.6 Å². The highest BCUT2D eigenvalue weighted by molar-refractivity contribution is 5.92. The van der Waals surface area contributed by atoms with Gasteiger partial charge >= 0.3 is 6.09 Å². The van der Waals surface area contributed by atoms with Gasteiger partial charge in [0.15, 0.2) is 0 Å². The standard InChI is InChI=1S/C25H29N5O4/c1-34-22-12-17(16-8-10-30(11-9-16)25(32)33)5-7-19(22)28-20-13-18(6-4-15-2-3-15)27-21-14-26-29-24(31)23(20)21/h5,7,12-16H,2-4,6,8-11H2,1H3,(H,27,28)(H,29,31)(H,32,33). The number of H-pyrrole nitrogens is 1. The second-order valence-electron chi connectivity index (χ2n) is 9.23. The molecule has 9 heteroatoms. The maximum absolute atomic E-state index is 12.6. The molecular weight excluding hydrogens is 434 g/mol. The molecule has 0 spiro atoms. The fraction of sp³-hybridized carbons (Fsp3) is 0.440. The van der Waals surface area contributed by atoms with E-state index in [0.29, 0.717) is 35.4 Å². The lowest BCUT2D eigenvalue weighted by Gasteiger charge is -2.30. The van der Waals surface area contributed by atoms with Crippen molar-refractivity contribution in [3.63, 3.8) is 0 Å². The highest BCUT2D eigenvalue weighted by Crippen LogP contribution is 2.37. The maximum atomic E-state index is 12.6. The SMILES string of the molecule is COc1cc(C2CCN(C(=O)O)CC2)ccc1Nc1cc(CCC2CC2)nc2cn[nH]c(=O)c12. The fourth-order valence-electron chi connectivity index (χ4n) is 4.76. The Balaban J connectivity index is 1.42. The monoisotopic (exact) mass is 463 g/mol. The predicted molar refractivity (Wildman–Crippen MR) is 129 cm³/mol. The number of hydrogen-bond acceptors (Lipinski definition) is 6. The summed E-state index contributed by atoms with van der Waals surface area (Å²) in [4.78, 5) is 29.9. The molecule has 178 valence electrons. The van der Waals surface area contributed by atoms with Crippen molar-refractivity contribution in [1.82, 2.24) is 20.1 Å². The van der Waals surface area contributed by atoms with E-state index in [1.165, 1.54) is 17.7 Å². The number of aryl methyl sites for hydroxylation is 1. The third-order valence-electron chi connectivity index (χ3n) is 6.92. The lowest BCUT2D eigenvalue weighted by molar-refractivity contribution is 0.132. The van der Waals surface area contributed by atoms with Crippen LogP contribution in [-0.4, -0.2) is 51.5 Å². The van der Waals surface area contributed by atoms with Crippen molar-refractivity contribution in [3.8, 4) is 5.75 Å². The van der Waals surface area contributed by atoms with Gasteiger partial charge < -0.3 is 20.1 Å². The minimum absolute atomic E-state index is 0.281. The molecule has 3 N–H and O–H groups in total. The molecule has 1 aliphatic heterocycles. The molecule has 1 saturated heterocycles. The Kier molecular flexibility index (Phi) is 6.08. The first-order valence-corrected chi connectivity index (χ1v) is 11.8. The zero-order chi connectivity index (χ0) is 23.7. The average Bonchev–Trinajstić information content (AvgIpc) is 3.68. The second-order valence-corrected chi connectivity index (χ2v) is 9.23. The van der Waals surface area contributed by atoms with E-state index in [4.69, 9.17) is 4.74 Å². The smallest absolute Gasteiger partial charge is 0.407 e. The van der Waals surface area contributed by atoms with Gasteiger partial charge in [-0.25, -0.2) is 9.89 Å². The van der Waals surface area contributed by atoms with Gasteiger partial charge in [0.2, 0.25) is 0 Å². The summed E-state index contributed by atoms with van der Waals surface area (Å²) in [6.45, 7) is 1.07. The number of aromatic amines is 1. The number of likely N-dealkylation sites (tertiary alicyclic amines) is 1. The van der Waals surface area contributed by atoms with Gasteiger partial charge in [-0.3, -0.25) is 9.78 Å². The lowest BCUT2D eigenvalue weighted by Crippen LogP contribution is -2.36. The van der Waals surface area contributed by atoms with E-state index in [9.17, 15) is 14.7 Å². The molecular formula is C25H29N5O4. The van der Waals surface area contributed by atoms with E-state index in [1.807, 2.05) is 18.2 Å². The molecule has 1 amide bonds. The summed E-state index contributed by atoms with van der Waals surface area (Å²) in [6, 6.07) is 7.97. The number of fused-ring (bicyclic) bond motifs is 1. The number of nitrogens with zero attached hydrogens (tertiary/aromatic N) is 3. The number of methoxy groups -OCH3 is 1. The van der Waals surface area contributed by atoms with E-state index in [0.717, 1.165) is 48.5 Å². The minimum atomic E-state index is -0.859. The van der Waals surface area contributed by atoms with Crippen LogP contribution in [0.5, 0.6) is 5.75 Å². The Morgan fingerprint density at radius 1 is 1.21 bits per heavy atom. The molecule has 34 heavy (non-hydrogen) atoms. The zero-order valence-electron chi connectivity index (χ0n) is 19.2. The summed E-state index contributed by atoms with van der Waals surface area (Å²) >= 11 is 0. The first-order chi connectivity index (χ1) is 16.5. The number of carbonyl (C=O) groups is 1. The van der Waals surface area contributed by atoms with E-state index < -0.39 is 6.09 Å². The number of pyridine rings is 1. The van der Waals surface area contributed by atoms with Gasteiger partial charge in [-0.05, 0) is 61.3 Å². The number of nitrogens with one attached hydrogen (secondary N) is 2. The number of ether oxygens (including phenoxy) is 1. The molecule has 1 aromatic carbocycles. The van der Waals surface area contributed by atoms with Crippen molar-refractivity contribution in [2.45, 2.75) is 44.4 Å². The van der Waals surface area contributed by atoms with Gasteiger partial charge in [0.05, 0.1) is 35.6 Å².